The third-order valence-corrected chi connectivity index (χ3v) is 9.44. The number of para-hydroxylation sites is 1. The summed E-state index contributed by atoms with van der Waals surface area (Å²) in [5.74, 6) is 1.03. The number of benzene rings is 4. The summed E-state index contributed by atoms with van der Waals surface area (Å²) in [5.41, 5.74) is 9.93. The molecule has 5 heterocycles. The number of furan rings is 2. The molecule has 0 aliphatic rings. The number of hydrogen-bond acceptors (Lipinski definition) is 5. The van der Waals surface area contributed by atoms with Crippen LogP contribution in [0, 0.1) is 0 Å². The zero-order chi connectivity index (χ0) is 32.9. The molecular weight excluding hydrogens is 594 g/mol. The molecule has 0 N–H and O–H groups in total. The number of nitrogens with zero attached hydrogens (tertiary/aromatic N) is 3. The Morgan fingerprint density at radius 3 is 2.17 bits per heavy atom. The van der Waals surface area contributed by atoms with Gasteiger partial charge in [-0.2, -0.15) is 4.98 Å². The van der Waals surface area contributed by atoms with Crippen LogP contribution < -0.4 is 4.74 Å². The van der Waals surface area contributed by atoms with Crippen LogP contribution in [0.3, 0.4) is 0 Å². The van der Waals surface area contributed by atoms with Gasteiger partial charge in [0.1, 0.15) is 22.4 Å². The van der Waals surface area contributed by atoms with Crippen LogP contribution in [0.2, 0.25) is 0 Å². The van der Waals surface area contributed by atoms with Gasteiger partial charge in [0.15, 0.2) is 11.3 Å². The molecule has 0 aliphatic carbocycles. The minimum atomic E-state index is -0.0433. The van der Waals surface area contributed by atoms with E-state index >= 15 is 0 Å². The largest absolute Gasteiger partial charge is 0.455 e. The van der Waals surface area contributed by atoms with Crippen LogP contribution >= 0.6 is 0 Å². The molecule has 0 atom stereocenters. The van der Waals surface area contributed by atoms with Gasteiger partial charge < -0.3 is 13.6 Å². The third-order valence-electron chi connectivity index (χ3n) is 9.44. The zero-order valence-electron chi connectivity index (χ0n) is 27.9. The predicted molar refractivity (Wildman–Crippen MR) is 194 cm³/mol. The van der Waals surface area contributed by atoms with Crippen molar-refractivity contribution < 1.29 is 13.6 Å². The van der Waals surface area contributed by atoms with Gasteiger partial charge in [-0.15, -0.1) is 0 Å². The van der Waals surface area contributed by atoms with Gasteiger partial charge in [-0.3, -0.25) is 9.55 Å². The molecule has 48 heavy (non-hydrogen) atoms. The first-order valence-corrected chi connectivity index (χ1v) is 16.4. The SMILES string of the molecule is CC(C)(C)c1cccc(-n2c3ccccc3c3ccc(Oc4cc(-c5cc(C(C)(C)C)ccn5)c5oc6cccc7oc4c5c76)nc32)c1. The molecule has 0 radical (unpaired) electrons. The van der Waals surface area contributed by atoms with Crippen LogP contribution in [-0.4, -0.2) is 14.5 Å². The first-order valence-electron chi connectivity index (χ1n) is 16.4. The summed E-state index contributed by atoms with van der Waals surface area (Å²) < 4.78 is 21.9. The lowest BCUT2D eigenvalue weighted by atomic mass is 9.87. The summed E-state index contributed by atoms with van der Waals surface area (Å²) in [6.45, 7) is 13.3. The van der Waals surface area contributed by atoms with E-state index in [-0.39, 0.29) is 10.8 Å². The van der Waals surface area contributed by atoms with E-state index < -0.39 is 0 Å². The second-order valence-corrected chi connectivity index (χ2v) is 14.7. The van der Waals surface area contributed by atoms with E-state index in [1.807, 2.05) is 36.5 Å². The molecule has 0 spiro atoms. The highest BCUT2D eigenvalue weighted by Crippen LogP contribution is 2.48. The lowest BCUT2D eigenvalue weighted by Crippen LogP contribution is -2.11. The van der Waals surface area contributed by atoms with E-state index in [9.17, 15) is 0 Å². The molecule has 0 aliphatic heterocycles. The lowest BCUT2D eigenvalue weighted by molar-refractivity contribution is 0.459. The van der Waals surface area contributed by atoms with Crippen LogP contribution in [0.5, 0.6) is 11.6 Å². The van der Waals surface area contributed by atoms with Crippen molar-refractivity contribution in [2.75, 3.05) is 0 Å². The smallest absolute Gasteiger partial charge is 0.221 e. The Morgan fingerprint density at radius 2 is 1.38 bits per heavy atom. The average molecular weight is 630 g/mol. The molecule has 0 bridgehead atoms. The highest BCUT2D eigenvalue weighted by atomic mass is 16.5. The van der Waals surface area contributed by atoms with E-state index in [1.165, 1.54) is 11.1 Å². The summed E-state index contributed by atoms with van der Waals surface area (Å²) in [7, 11) is 0. The molecule has 0 saturated heterocycles. The van der Waals surface area contributed by atoms with Crippen molar-refractivity contribution in [2.24, 2.45) is 0 Å². The molecular formula is C42H35N3O3. The van der Waals surface area contributed by atoms with Crippen molar-refractivity contribution in [1.29, 1.82) is 0 Å². The van der Waals surface area contributed by atoms with Gasteiger partial charge in [-0.25, -0.2) is 0 Å². The maximum atomic E-state index is 6.73. The molecule has 236 valence electrons. The number of aromatic nitrogens is 3. The van der Waals surface area contributed by atoms with Gasteiger partial charge in [0.05, 0.1) is 22.0 Å². The first-order chi connectivity index (χ1) is 23.0. The first kappa shape index (κ1) is 28.6. The second-order valence-electron chi connectivity index (χ2n) is 14.7. The van der Waals surface area contributed by atoms with E-state index in [4.69, 9.17) is 23.5 Å². The normalized spacial score (nSPS) is 12.8. The molecule has 0 saturated carbocycles. The van der Waals surface area contributed by atoms with Crippen molar-refractivity contribution in [1.82, 2.24) is 14.5 Å². The molecule has 0 fully saturated rings. The van der Waals surface area contributed by atoms with Crippen molar-refractivity contribution >= 4 is 55.0 Å². The standard InChI is InChI=1S/C42H35N3O3/c1-41(2,3)24-11-9-12-26(21-24)45-31-14-8-7-13-27(31)28-17-18-35(44-40(28)45)46-34-23-29(30-22-25(19-20-43-30)42(4,5)6)38-37-36-32(47-38)15-10-16-33(36)48-39(34)37/h7-23H,1-6H3. The minimum Gasteiger partial charge on any atom is -0.455 e. The topological polar surface area (TPSA) is 66.2 Å². The van der Waals surface area contributed by atoms with Gasteiger partial charge in [0.2, 0.25) is 5.88 Å². The molecule has 0 amide bonds. The van der Waals surface area contributed by atoms with E-state index in [0.717, 1.165) is 66.4 Å². The van der Waals surface area contributed by atoms with Crippen LogP contribution in [0.15, 0.2) is 112 Å². The van der Waals surface area contributed by atoms with Crippen LogP contribution in [-0.2, 0) is 10.8 Å². The fourth-order valence-corrected chi connectivity index (χ4v) is 6.88. The summed E-state index contributed by atoms with van der Waals surface area (Å²) in [4.78, 5) is 9.97. The lowest BCUT2D eigenvalue weighted by Gasteiger charge is -2.20. The molecule has 9 rings (SSSR count). The van der Waals surface area contributed by atoms with Crippen LogP contribution in [0.1, 0.15) is 52.7 Å². The summed E-state index contributed by atoms with van der Waals surface area (Å²) in [6.07, 6.45) is 1.86. The van der Waals surface area contributed by atoms with Crippen molar-refractivity contribution in [3.8, 4) is 28.6 Å². The maximum Gasteiger partial charge on any atom is 0.221 e. The Bertz CT molecular complexity index is 2680. The maximum absolute atomic E-state index is 6.73. The molecule has 5 aromatic heterocycles. The third kappa shape index (κ3) is 4.32. The highest BCUT2D eigenvalue weighted by Gasteiger charge is 2.27. The van der Waals surface area contributed by atoms with Crippen molar-refractivity contribution in [2.45, 2.75) is 52.4 Å². The van der Waals surface area contributed by atoms with Gasteiger partial charge in [-0.05, 0) is 76.6 Å². The monoisotopic (exact) mass is 629 g/mol. The fourth-order valence-electron chi connectivity index (χ4n) is 6.88. The Kier molecular flexibility index (Phi) is 5.92. The Labute approximate surface area is 277 Å². The van der Waals surface area contributed by atoms with E-state index in [2.05, 4.69) is 113 Å². The summed E-state index contributed by atoms with van der Waals surface area (Å²) >= 11 is 0. The zero-order valence-corrected chi connectivity index (χ0v) is 27.9. The Balaban J connectivity index is 1.26. The predicted octanol–water partition coefficient (Wildman–Crippen LogP) is 11.7. The molecule has 4 aromatic carbocycles. The van der Waals surface area contributed by atoms with E-state index in [0.29, 0.717) is 17.2 Å². The number of ether oxygens (including phenoxy) is 1. The van der Waals surface area contributed by atoms with Gasteiger partial charge in [0.25, 0.3) is 0 Å². The van der Waals surface area contributed by atoms with Crippen molar-refractivity contribution in [3.63, 3.8) is 0 Å². The quantitative estimate of drug-likeness (QED) is 0.194. The summed E-state index contributed by atoms with van der Waals surface area (Å²) in [6, 6.07) is 33.3. The number of hydrogen-bond donors (Lipinski definition) is 0. The average Bonchev–Trinajstić information content (AvgIpc) is 3.75. The van der Waals surface area contributed by atoms with Crippen LogP contribution in [0.25, 0.3) is 72.0 Å². The number of fused-ring (bicyclic) bond motifs is 3. The second kappa shape index (κ2) is 9.94. The van der Waals surface area contributed by atoms with Crippen molar-refractivity contribution in [3.05, 3.63) is 114 Å². The van der Waals surface area contributed by atoms with Crippen LogP contribution in [0.4, 0.5) is 0 Å². The molecule has 6 heteroatoms. The molecule has 6 nitrogen and oxygen atoms in total. The van der Waals surface area contributed by atoms with Gasteiger partial charge >= 0.3 is 0 Å². The molecule has 9 aromatic rings. The number of pyridine rings is 2. The minimum absolute atomic E-state index is 0.00678. The van der Waals surface area contributed by atoms with E-state index in [1.54, 1.807) is 0 Å². The Morgan fingerprint density at radius 1 is 0.646 bits per heavy atom. The van der Waals surface area contributed by atoms with Gasteiger partial charge in [-0.1, -0.05) is 77.9 Å². The summed E-state index contributed by atoms with van der Waals surface area (Å²) in [5, 5.41) is 4.04. The fraction of sp³-hybridized carbons (Fsp3) is 0.190. The van der Waals surface area contributed by atoms with Gasteiger partial charge in [0, 0.05) is 34.3 Å². The molecule has 0 unspecified atom stereocenters. The number of rotatable bonds is 4. The Hall–Kier alpha value is -5.62. The highest BCUT2D eigenvalue weighted by molar-refractivity contribution is 6.24.